The number of carbonyl (C=O) groups excluding carboxylic acids is 1. The Kier molecular flexibility index (Phi) is 4.04. The zero-order chi connectivity index (χ0) is 13.8. The van der Waals surface area contributed by atoms with Crippen LogP contribution < -0.4 is 10.2 Å². The van der Waals surface area contributed by atoms with Crippen molar-refractivity contribution < 1.29 is 14.7 Å². The maximum atomic E-state index is 12.1. The van der Waals surface area contributed by atoms with Crippen LogP contribution in [0.3, 0.4) is 0 Å². The molecule has 1 aliphatic rings. The Morgan fingerprint density at radius 1 is 1.42 bits per heavy atom. The van der Waals surface area contributed by atoms with Crippen LogP contribution in [-0.2, 0) is 11.2 Å². The SMILES string of the molecule is CC(CCC(=O)O)NC(=O)N1CCc2ccccc21. The van der Waals surface area contributed by atoms with Gasteiger partial charge in [-0.1, -0.05) is 18.2 Å². The van der Waals surface area contributed by atoms with Gasteiger partial charge in [-0.3, -0.25) is 9.69 Å². The number of nitrogens with zero attached hydrogens (tertiary/aromatic N) is 1. The van der Waals surface area contributed by atoms with E-state index >= 15 is 0 Å². The van der Waals surface area contributed by atoms with Gasteiger partial charge in [-0.25, -0.2) is 4.79 Å². The van der Waals surface area contributed by atoms with Crippen LogP contribution in [0.25, 0.3) is 0 Å². The lowest BCUT2D eigenvalue weighted by Gasteiger charge is -2.21. The van der Waals surface area contributed by atoms with Crippen LogP contribution in [0.15, 0.2) is 24.3 Å². The van der Waals surface area contributed by atoms with E-state index in [2.05, 4.69) is 5.32 Å². The second-order valence-electron chi connectivity index (χ2n) is 4.81. The highest BCUT2D eigenvalue weighted by molar-refractivity contribution is 5.94. The van der Waals surface area contributed by atoms with Crippen molar-refractivity contribution in [3.63, 3.8) is 0 Å². The lowest BCUT2D eigenvalue weighted by molar-refractivity contribution is -0.137. The molecule has 5 nitrogen and oxygen atoms in total. The summed E-state index contributed by atoms with van der Waals surface area (Å²) in [5.41, 5.74) is 2.13. The Bertz CT molecular complexity index is 487. The normalized spacial score (nSPS) is 14.9. The monoisotopic (exact) mass is 262 g/mol. The number of para-hydroxylation sites is 1. The van der Waals surface area contributed by atoms with Crippen molar-refractivity contribution in [3.05, 3.63) is 29.8 Å². The van der Waals surface area contributed by atoms with Crippen molar-refractivity contribution in [2.24, 2.45) is 0 Å². The molecule has 2 N–H and O–H groups in total. The first-order chi connectivity index (χ1) is 9.08. The lowest BCUT2D eigenvalue weighted by Crippen LogP contribution is -2.43. The number of carbonyl (C=O) groups is 2. The second kappa shape index (κ2) is 5.73. The average molecular weight is 262 g/mol. The molecule has 2 amide bonds. The number of benzene rings is 1. The average Bonchev–Trinajstić information content (AvgIpc) is 2.80. The smallest absolute Gasteiger partial charge is 0.322 e. The molecule has 0 saturated heterocycles. The third kappa shape index (κ3) is 3.24. The first kappa shape index (κ1) is 13.4. The molecule has 1 atom stereocenters. The molecule has 0 spiro atoms. The number of urea groups is 1. The minimum absolute atomic E-state index is 0.0675. The van der Waals surface area contributed by atoms with Gasteiger partial charge < -0.3 is 10.4 Å². The van der Waals surface area contributed by atoms with Crippen LogP contribution in [0.4, 0.5) is 10.5 Å². The largest absolute Gasteiger partial charge is 0.481 e. The van der Waals surface area contributed by atoms with E-state index in [-0.39, 0.29) is 18.5 Å². The highest BCUT2D eigenvalue weighted by atomic mass is 16.4. The number of aliphatic carboxylic acids is 1. The number of hydrogen-bond donors (Lipinski definition) is 2. The molecule has 1 aromatic carbocycles. The Hall–Kier alpha value is -2.04. The third-order valence-electron chi connectivity index (χ3n) is 3.29. The summed E-state index contributed by atoms with van der Waals surface area (Å²) in [6, 6.07) is 7.55. The number of carboxylic acids is 1. The fourth-order valence-electron chi connectivity index (χ4n) is 2.25. The van der Waals surface area contributed by atoms with E-state index in [1.807, 2.05) is 31.2 Å². The summed E-state index contributed by atoms with van der Waals surface area (Å²) in [7, 11) is 0. The van der Waals surface area contributed by atoms with Crippen molar-refractivity contribution in [1.82, 2.24) is 5.32 Å². The van der Waals surface area contributed by atoms with E-state index < -0.39 is 5.97 Å². The molecule has 1 aliphatic heterocycles. The fourth-order valence-corrected chi connectivity index (χ4v) is 2.25. The van der Waals surface area contributed by atoms with E-state index in [4.69, 9.17) is 5.11 Å². The van der Waals surface area contributed by atoms with Gasteiger partial charge in [0.1, 0.15) is 0 Å². The topological polar surface area (TPSA) is 69.6 Å². The first-order valence-corrected chi connectivity index (χ1v) is 6.45. The molecule has 19 heavy (non-hydrogen) atoms. The summed E-state index contributed by atoms with van der Waals surface area (Å²) in [4.78, 5) is 24.3. The van der Waals surface area contributed by atoms with Crippen molar-refractivity contribution >= 4 is 17.7 Å². The zero-order valence-electron chi connectivity index (χ0n) is 10.9. The molecule has 0 radical (unpaired) electrons. The molecule has 0 bridgehead atoms. The van der Waals surface area contributed by atoms with Crippen LogP contribution in [0, 0.1) is 0 Å². The summed E-state index contributed by atoms with van der Waals surface area (Å²) in [6.45, 7) is 2.50. The maximum Gasteiger partial charge on any atom is 0.322 e. The molecular weight excluding hydrogens is 244 g/mol. The van der Waals surface area contributed by atoms with Gasteiger partial charge >= 0.3 is 12.0 Å². The summed E-state index contributed by atoms with van der Waals surface area (Å²) < 4.78 is 0. The van der Waals surface area contributed by atoms with Gasteiger partial charge in [-0.2, -0.15) is 0 Å². The summed E-state index contributed by atoms with van der Waals surface area (Å²) in [6.07, 6.45) is 1.38. The Morgan fingerprint density at radius 3 is 2.89 bits per heavy atom. The van der Waals surface area contributed by atoms with E-state index in [1.165, 1.54) is 5.56 Å². The molecule has 5 heteroatoms. The number of carboxylic acid groups (broad SMARTS) is 1. The highest BCUT2D eigenvalue weighted by Crippen LogP contribution is 2.27. The van der Waals surface area contributed by atoms with Gasteiger partial charge in [-0.15, -0.1) is 0 Å². The lowest BCUT2D eigenvalue weighted by atomic mass is 10.2. The Labute approximate surface area is 112 Å². The van der Waals surface area contributed by atoms with E-state index in [1.54, 1.807) is 4.90 Å². The number of hydrogen-bond acceptors (Lipinski definition) is 2. The molecule has 1 unspecified atom stereocenters. The number of amides is 2. The van der Waals surface area contributed by atoms with Gasteiger partial charge in [0.2, 0.25) is 0 Å². The molecule has 0 saturated carbocycles. The number of anilines is 1. The minimum Gasteiger partial charge on any atom is -0.481 e. The van der Waals surface area contributed by atoms with Crippen molar-refractivity contribution in [2.75, 3.05) is 11.4 Å². The van der Waals surface area contributed by atoms with Gasteiger partial charge in [0.15, 0.2) is 0 Å². The second-order valence-corrected chi connectivity index (χ2v) is 4.81. The molecular formula is C14H18N2O3. The molecule has 0 aromatic heterocycles. The van der Waals surface area contributed by atoms with E-state index in [0.717, 1.165) is 12.1 Å². The van der Waals surface area contributed by atoms with Crippen LogP contribution in [-0.4, -0.2) is 29.7 Å². The molecule has 0 aliphatic carbocycles. The maximum absolute atomic E-state index is 12.1. The quantitative estimate of drug-likeness (QED) is 0.872. The van der Waals surface area contributed by atoms with Crippen molar-refractivity contribution in [1.29, 1.82) is 0 Å². The summed E-state index contributed by atoms with van der Waals surface area (Å²) in [5.74, 6) is -0.840. The Balaban J connectivity index is 1.93. The van der Waals surface area contributed by atoms with Gasteiger partial charge in [0, 0.05) is 24.7 Å². The van der Waals surface area contributed by atoms with Crippen LogP contribution in [0.5, 0.6) is 0 Å². The number of rotatable bonds is 4. The number of fused-ring (bicyclic) bond motifs is 1. The molecule has 1 aromatic rings. The molecule has 1 heterocycles. The fraction of sp³-hybridized carbons (Fsp3) is 0.429. The van der Waals surface area contributed by atoms with Crippen LogP contribution in [0.2, 0.25) is 0 Å². The third-order valence-corrected chi connectivity index (χ3v) is 3.29. The van der Waals surface area contributed by atoms with Crippen molar-refractivity contribution in [3.8, 4) is 0 Å². The molecule has 102 valence electrons. The Morgan fingerprint density at radius 2 is 2.16 bits per heavy atom. The molecule has 0 fully saturated rings. The summed E-state index contributed by atoms with van der Waals surface area (Å²) >= 11 is 0. The van der Waals surface area contributed by atoms with Crippen molar-refractivity contribution in [2.45, 2.75) is 32.2 Å². The van der Waals surface area contributed by atoms with E-state index in [9.17, 15) is 9.59 Å². The van der Waals surface area contributed by atoms with Gasteiger partial charge in [0.05, 0.1) is 0 Å². The van der Waals surface area contributed by atoms with Gasteiger partial charge in [-0.05, 0) is 31.4 Å². The van der Waals surface area contributed by atoms with Crippen LogP contribution in [0.1, 0.15) is 25.3 Å². The highest BCUT2D eigenvalue weighted by Gasteiger charge is 2.24. The minimum atomic E-state index is -0.840. The van der Waals surface area contributed by atoms with E-state index in [0.29, 0.717) is 13.0 Å². The summed E-state index contributed by atoms with van der Waals surface area (Å²) in [5, 5.41) is 11.5. The standard InChI is InChI=1S/C14H18N2O3/c1-10(6-7-13(17)18)15-14(19)16-9-8-11-4-2-3-5-12(11)16/h2-5,10H,6-9H2,1H3,(H,15,19)(H,17,18). The zero-order valence-corrected chi connectivity index (χ0v) is 10.9. The predicted molar refractivity (Wildman–Crippen MR) is 72.4 cm³/mol. The predicted octanol–water partition coefficient (Wildman–Crippen LogP) is 2.01. The first-order valence-electron chi connectivity index (χ1n) is 6.45. The molecule has 2 rings (SSSR count). The van der Waals surface area contributed by atoms with Crippen LogP contribution >= 0.6 is 0 Å². The number of nitrogens with one attached hydrogen (secondary N) is 1. The van der Waals surface area contributed by atoms with Gasteiger partial charge in [0.25, 0.3) is 0 Å².